The van der Waals surface area contributed by atoms with E-state index >= 15 is 0 Å². The average Bonchev–Trinajstić information content (AvgIpc) is 3.04. The summed E-state index contributed by atoms with van der Waals surface area (Å²) in [6.07, 6.45) is -0.0295. The van der Waals surface area contributed by atoms with Gasteiger partial charge in [0.05, 0.1) is 6.42 Å². The second-order valence-corrected chi connectivity index (χ2v) is 7.98. The van der Waals surface area contributed by atoms with Crippen molar-refractivity contribution >= 4 is 18.0 Å². The van der Waals surface area contributed by atoms with Crippen molar-refractivity contribution in [1.82, 2.24) is 10.6 Å². The van der Waals surface area contributed by atoms with Crippen LogP contribution in [-0.4, -0.2) is 41.8 Å². The first-order valence-corrected chi connectivity index (χ1v) is 10.5. The predicted octanol–water partition coefficient (Wildman–Crippen LogP) is 3.67. The number of aliphatic carboxylic acids is 1. The molecule has 0 aromatic heterocycles. The van der Waals surface area contributed by atoms with Gasteiger partial charge in [0.25, 0.3) is 0 Å². The molecule has 2 amide bonds. The van der Waals surface area contributed by atoms with Crippen molar-refractivity contribution in [3.63, 3.8) is 0 Å². The van der Waals surface area contributed by atoms with E-state index in [0.29, 0.717) is 6.42 Å². The Balaban J connectivity index is 1.46. The third kappa shape index (κ3) is 5.84. The number of hydrogen-bond acceptors (Lipinski definition) is 4. The Morgan fingerprint density at radius 3 is 2.10 bits per heavy atom. The van der Waals surface area contributed by atoms with Crippen LogP contribution in [0, 0.1) is 0 Å². The molecule has 0 aliphatic heterocycles. The highest BCUT2D eigenvalue weighted by atomic mass is 16.5. The van der Waals surface area contributed by atoms with Crippen LogP contribution in [0.2, 0.25) is 0 Å². The number of carboxylic acids is 1. The molecule has 164 valence electrons. The molecule has 3 N–H and O–H groups in total. The van der Waals surface area contributed by atoms with Gasteiger partial charge in [-0.25, -0.2) is 4.79 Å². The lowest BCUT2D eigenvalue weighted by Gasteiger charge is -2.17. The molecular weight excluding hydrogens is 396 g/mol. The zero-order valence-corrected chi connectivity index (χ0v) is 17.8. The third-order valence-corrected chi connectivity index (χ3v) is 5.40. The molecule has 1 unspecified atom stereocenters. The van der Waals surface area contributed by atoms with E-state index in [1.807, 2.05) is 24.3 Å². The summed E-state index contributed by atoms with van der Waals surface area (Å²) in [6.45, 7) is 3.68. The Kier molecular flexibility index (Phi) is 7.28. The summed E-state index contributed by atoms with van der Waals surface area (Å²) in [5, 5.41) is 14.1. The fraction of sp³-hybridized carbons (Fsp3) is 0.375. The van der Waals surface area contributed by atoms with Crippen LogP contribution in [0.5, 0.6) is 0 Å². The Hall–Kier alpha value is -3.35. The summed E-state index contributed by atoms with van der Waals surface area (Å²) in [4.78, 5) is 34.8. The summed E-state index contributed by atoms with van der Waals surface area (Å²) in [7, 11) is 0. The first-order valence-electron chi connectivity index (χ1n) is 10.5. The highest BCUT2D eigenvalue weighted by molar-refractivity contribution is 5.79. The molecule has 0 fully saturated rings. The lowest BCUT2D eigenvalue weighted by atomic mass is 9.98. The molecule has 1 aliphatic rings. The van der Waals surface area contributed by atoms with Gasteiger partial charge >= 0.3 is 12.1 Å². The minimum absolute atomic E-state index is 0.00467. The maximum absolute atomic E-state index is 12.3. The summed E-state index contributed by atoms with van der Waals surface area (Å²) in [6, 6.07) is 15.6. The molecule has 0 radical (unpaired) electrons. The lowest BCUT2D eigenvalue weighted by Crippen LogP contribution is -2.37. The number of fused-ring (bicyclic) bond motifs is 3. The molecule has 7 heteroatoms. The number of rotatable bonds is 9. The maximum Gasteiger partial charge on any atom is 0.407 e. The van der Waals surface area contributed by atoms with E-state index in [2.05, 4.69) is 34.9 Å². The average molecular weight is 424 g/mol. The van der Waals surface area contributed by atoms with Gasteiger partial charge < -0.3 is 20.5 Å². The molecule has 2 atom stereocenters. The van der Waals surface area contributed by atoms with Crippen molar-refractivity contribution in [2.45, 2.75) is 51.1 Å². The predicted molar refractivity (Wildman–Crippen MR) is 117 cm³/mol. The molecule has 31 heavy (non-hydrogen) atoms. The number of alkyl carbamates (subject to hydrolysis) is 1. The van der Waals surface area contributed by atoms with Gasteiger partial charge in [0.2, 0.25) is 5.91 Å². The molecule has 0 saturated carbocycles. The largest absolute Gasteiger partial charge is 0.481 e. The molecule has 7 nitrogen and oxygen atoms in total. The Labute approximate surface area is 181 Å². The lowest BCUT2D eigenvalue weighted by molar-refractivity contribution is -0.137. The summed E-state index contributed by atoms with van der Waals surface area (Å²) in [5.74, 6) is -1.21. The number of carbonyl (C=O) groups is 3. The molecule has 0 spiro atoms. The van der Waals surface area contributed by atoms with Crippen molar-refractivity contribution in [2.75, 3.05) is 6.61 Å². The number of amides is 2. The molecule has 2 aromatic carbocycles. The molecule has 0 bridgehead atoms. The molecular formula is C24H28N2O5. The van der Waals surface area contributed by atoms with Crippen molar-refractivity contribution in [2.24, 2.45) is 0 Å². The summed E-state index contributed by atoms with van der Waals surface area (Å²) < 4.78 is 5.51. The van der Waals surface area contributed by atoms with Crippen LogP contribution in [0.4, 0.5) is 4.79 Å². The first-order chi connectivity index (χ1) is 14.8. The Morgan fingerprint density at radius 2 is 1.52 bits per heavy atom. The Morgan fingerprint density at radius 1 is 0.935 bits per heavy atom. The van der Waals surface area contributed by atoms with Crippen LogP contribution < -0.4 is 10.6 Å². The van der Waals surface area contributed by atoms with Crippen LogP contribution in [0.25, 0.3) is 11.1 Å². The maximum atomic E-state index is 12.3. The quantitative estimate of drug-likeness (QED) is 0.570. The number of carbonyl (C=O) groups excluding carboxylic acids is 2. The fourth-order valence-electron chi connectivity index (χ4n) is 3.92. The van der Waals surface area contributed by atoms with E-state index in [-0.39, 0.29) is 37.3 Å². The third-order valence-electron chi connectivity index (χ3n) is 5.40. The summed E-state index contributed by atoms with van der Waals surface area (Å²) in [5.41, 5.74) is 4.64. The number of carboxylic acid groups (broad SMARTS) is 1. The van der Waals surface area contributed by atoms with Crippen LogP contribution in [-0.2, 0) is 14.3 Å². The fourth-order valence-corrected chi connectivity index (χ4v) is 3.92. The SMILES string of the molecule is CC(CCC(=O)N[C@H](C)CC(=O)O)NC(=O)OCC1c2ccccc2-c2ccccc21. The smallest absolute Gasteiger partial charge is 0.407 e. The van der Waals surface area contributed by atoms with E-state index in [0.717, 1.165) is 11.1 Å². The second-order valence-electron chi connectivity index (χ2n) is 7.98. The zero-order chi connectivity index (χ0) is 22.4. The molecule has 1 aliphatic carbocycles. The number of ether oxygens (including phenoxy) is 1. The van der Waals surface area contributed by atoms with Gasteiger partial charge in [-0.15, -0.1) is 0 Å². The number of benzene rings is 2. The van der Waals surface area contributed by atoms with Gasteiger partial charge in [0.15, 0.2) is 0 Å². The van der Waals surface area contributed by atoms with Crippen LogP contribution in [0.1, 0.15) is 50.2 Å². The van der Waals surface area contributed by atoms with E-state index in [1.54, 1.807) is 13.8 Å². The molecule has 2 aromatic rings. The van der Waals surface area contributed by atoms with Gasteiger partial charge in [-0.1, -0.05) is 48.5 Å². The minimum Gasteiger partial charge on any atom is -0.481 e. The second kappa shape index (κ2) is 10.1. The highest BCUT2D eigenvalue weighted by Gasteiger charge is 2.29. The van der Waals surface area contributed by atoms with Crippen molar-refractivity contribution in [3.8, 4) is 11.1 Å². The monoisotopic (exact) mass is 424 g/mol. The van der Waals surface area contributed by atoms with Gasteiger partial charge in [-0.2, -0.15) is 0 Å². The molecule has 3 rings (SSSR count). The van der Waals surface area contributed by atoms with E-state index in [1.165, 1.54) is 11.1 Å². The Bertz CT molecular complexity index is 913. The van der Waals surface area contributed by atoms with E-state index in [4.69, 9.17) is 9.84 Å². The van der Waals surface area contributed by atoms with Gasteiger partial charge in [-0.05, 0) is 42.5 Å². The van der Waals surface area contributed by atoms with Gasteiger partial charge in [-0.3, -0.25) is 9.59 Å². The number of nitrogens with one attached hydrogen (secondary N) is 2. The van der Waals surface area contributed by atoms with Crippen LogP contribution in [0.3, 0.4) is 0 Å². The van der Waals surface area contributed by atoms with Crippen molar-refractivity contribution in [1.29, 1.82) is 0 Å². The minimum atomic E-state index is -0.960. The van der Waals surface area contributed by atoms with Gasteiger partial charge in [0, 0.05) is 24.4 Å². The molecule has 0 heterocycles. The zero-order valence-electron chi connectivity index (χ0n) is 17.8. The van der Waals surface area contributed by atoms with Crippen LogP contribution >= 0.6 is 0 Å². The highest BCUT2D eigenvalue weighted by Crippen LogP contribution is 2.44. The van der Waals surface area contributed by atoms with Crippen LogP contribution in [0.15, 0.2) is 48.5 Å². The van der Waals surface area contributed by atoms with E-state index in [9.17, 15) is 14.4 Å². The van der Waals surface area contributed by atoms with Crippen molar-refractivity contribution < 1.29 is 24.2 Å². The van der Waals surface area contributed by atoms with E-state index < -0.39 is 18.1 Å². The summed E-state index contributed by atoms with van der Waals surface area (Å²) >= 11 is 0. The normalized spacial score (nSPS) is 14.1. The first kappa shape index (κ1) is 22.3. The standard InChI is InChI=1S/C24H28N2O5/c1-15(11-12-22(27)25-16(2)13-23(28)29)26-24(30)31-14-21-19-9-5-3-7-17(19)18-8-4-6-10-20(18)21/h3-10,15-16,21H,11-14H2,1-2H3,(H,25,27)(H,26,30)(H,28,29)/t15?,16-/m1/s1. The topological polar surface area (TPSA) is 105 Å². The van der Waals surface area contributed by atoms with Crippen molar-refractivity contribution in [3.05, 3.63) is 59.7 Å². The molecule has 0 saturated heterocycles. The van der Waals surface area contributed by atoms with Gasteiger partial charge in [0.1, 0.15) is 6.61 Å². The number of hydrogen-bond donors (Lipinski definition) is 3.